The number of nitrogens with one attached hydrogen (secondary N) is 1. The van der Waals surface area contributed by atoms with Crippen molar-refractivity contribution in [2.24, 2.45) is 5.92 Å². The minimum Gasteiger partial charge on any atom is -0.399 e. The Morgan fingerprint density at radius 1 is 1.53 bits per heavy atom. The highest BCUT2D eigenvalue weighted by Crippen LogP contribution is 2.24. The number of likely N-dealkylation sites (tertiary alicyclic amines) is 1. The van der Waals surface area contributed by atoms with Gasteiger partial charge in [0.25, 0.3) is 0 Å². The fraction of sp³-hybridized carbons (Fsp3) is 0.500. The summed E-state index contributed by atoms with van der Waals surface area (Å²) in [6, 6.07) is 4.41. The highest BCUT2D eigenvalue weighted by Gasteiger charge is 2.23. The number of anilines is 1. The first-order chi connectivity index (χ1) is 8.88. The first kappa shape index (κ1) is 14.6. The van der Waals surface area contributed by atoms with E-state index < -0.39 is 10.0 Å². The summed E-state index contributed by atoms with van der Waals surface area (Å²) in [5.74, 6) is 0.354. The Labute approximate surface area is 118 Å². The van der Waals surface area contributed by atoms with Crippen molar-refractivity contribution >= 4 is 27.3 Å². The van der Waals surface area contributed by atoms with Crippen molar-refractivity contribution in [2.75, 3.05) is 32.4 Å². The molecule has 1 aromatic rings. The predicted octanol–water partition coefficient (Wildman–Crippen LogP) is 1.15. The minimum absolute atomic E-state index is 0.0784. The van der Waals surface area contributed by atoms with Gasteiger partial charge in [-0.3, -0.25) is 0 Å². The molecule has 0 saturated carbocycles. The number of rotatable bonds is 4. The molecule has 1 aliphatic rings. The average molecular weight is 304 g/mol. The number of sulfonamides is 1. The molecule has 1 saturated heterocycles. The molecule has 1 fully saturated rings. The van der Waals surface area contributed by atoms with E-state index in [1.165, 1.54) is 18.2 Å². The van der Waals surface area contributed by atoms with E-state index in [1.54, 1.807) is 0 Å². The first-order valence-electron chi connectivity index (χ1n) is 6.12. The molecule has 1 heterocycles. The fourth-order valence-electron chi connectivity index (χ4n) is 2.23. The summed E-state index contributed by atoms with van der Waals surface area (Å²) in [6.07, 6.45) is 1.01. The van der Waals surface area contributed by atoms with Gasteiger partial charge in [0.15, 0.2) is 0 Å². The molecule has 0 radical (unpaired) electrons. The molecule has 0 aliphatic carbocycles. The van der Waals surface area contributed by atoms with Crippen molar-refractivity contribution in [2.45, 2.75) is 11.3 Å². The Morgan fingerprint density at radius 2 is 2.26 bits per heavy atom. The number of hydrogen-bond acceptors (Lipinski definition) is 4. The Bertz CT molecular complexity index is 562. The Morgan fingerprint density at radius 3 is 2.84 bits per heavy atom. The molecule has 1 atom stereocenters. The standard InChI is InChI=1S/C12H18ClN3O2S/c1-16-5-4-9(8-16)7-15-19(17,18)12-3-2-10(14)6-11(12)13/h2-3,6,9,15H,4-5,7-8,14H2,1H3. The Hall–Kier alpha value is -0.820. The van der Waals surface area contributed by atoms with Crippen LogP contribution in [0.2, 0.25) is 5.02 Å². The molecule has 7 heteroatoms. The molecule has 106 valence electrons. The quantitative estimate of drug-likeness (QED) is 0.818. The highest BCUT2D eigenvalue weighted by molar-refractivity contribution is 7.89. The van der Waals surface area contributed by atoms with Crippen molar-refractivity contribution in [3.05, 3.63) is 23.2 Å². The molecule has 19 heavy (non-hydrogen) atoms. The minimum atomic E-state index is -3.57. The zero-order valence-corrected chi connectivity index (χ0v) is 12.3. The maximum absolute atomic E-state index is 12.2. The van der Waals surface area contributed by atoms with Crippen molar-refractivity contribution in [3.8, 4) is 0 Å². The van der Waals surface area contributed by atoms with Crippen LogP contribution in [0.3, 0.4) is 0 Å². The molecule has 2 rings (SSSR count). The lowest BCUT2D eigenvalue weighted by molar-refractivity contribution is 0.394. The van der Waals surface area contributed by atoms with E-state index >= 15 is 0 Å². The number of nitrogens with two attached hydrogens (primary N) is 1. The van der Waals surface area contributed by atoms with E-state index in [0.717, 1.165) is 19.5 Å². The third-order valence-corrected chi connectivity index (χ3v) is 5.20. The van der Waals surface area contributed by atoms with Gasteiger partial charge in [0.2, 0.25) is 10.0 Å². The van der Waals surface area contributed by atoms with Gasteiger partial charge in [-0.1, -0.05) is 11.6 Å². The maximum atomic E-state index is 12.2. The normalized spacial score (nSPS) is 20.8. The number of nitrogen functional groups attached to an aromatic ring is 1. The van der Waals surface area contributed by atoms with Crippen molar-refractivity contribution in [1.82, 2.24) is 9.62 Å². The van der Waals surface area contributed by atoms with Gasteiger partial charge < -0.3 is 10.6 Å². The number of benzene rings is 1. The summed E-state index contributed by atoms with van der Waals surface area (Å²) in [4.78, 5) is 2.27. The lowest BCUT2D eigenvalue weighted by Crippen LogP contribution is -2.30. The van der Waals surface area contributed by atoms with E-state index in [4.69, 9.17) is 17.3 Å². The molecular formula is C12H18ClN3O2S. The molecule has 1 aliphatic heterocycles. The summed E-state index contributed by atoms with van der Waals surface area (Å²) < 4.78 is 26.9. The van der Waals surface area contributed by atoms with Gasteiger partial charge in [0.1, 0.15) is 4.90 Å². The highest BCUT2D eigenvalue weighted by atomic mass is 35.5. The van der Waals surface area contributed by atoms with Gasteiger partial charge in [-0.2, -0.15) is 0 Å². The van der Waals surface area contributed by atoms with Crippen LogP contribution in [-0.4, -0.2) is 40.0 Å². The van der Waals surface area contributed by atoms with Crippen LogP contribution < -0.4 is 10.5 Å². The van der Waals surface area contributed by atoms with Crippen molar-refractivity contribution in [1.29, 1.82) is 0 Å². The monoisotopic (exact) mass is 303 g/mol. The lowest BCUT2D eigenvalue weighted by atomic mass is 10.1. The molecule has 0 bridgehead atoms. The van der Waals surface area contributed by atoms with Crippen LogP contribution in [0, 0.1) is 5.92 Å². The van der Waals surface area contributed by atoms with Gasteiger partial charge in [0.05, 0.1) is 5.02 Å². The van der Waals surface area contributed by atoms with Crippen LogP contribution in [0.25, 0.3) is 0 Å². The Kier molecular flexibility index (Phi) is 4.35. The Balaban J connectivity index is 2.06. The SMILES string of the molecule is CN1CCC(CNS(=O)(=O)c2ccc(N)cc2Cl)C1. The van der Waals surface area contributed by atoms with Crippen molar-refractivity contribution < 1.29 is 8.42 Å². The van der Waals surface area contributed by atoms with Gasteiger partial charge in [-0.25, -0.2) is 13.1 Å². The van der Waals surface area contributed by atoms with E-state index in [0.29, 0.717) is 18.2 Å². The van der Waals surface area contributed by atoms with Crippen molar-refractivity contribution in [3.63, 3.8) is 0 Å². The third kappa shape index (κ3) is 3.60. The third-order valence-electron chi connectivity index (χ3n) is 3.30. The second-order valence-corrected chi connectivity index (χ2v) is 7.10. The summed E-state index contributed by atoms with van der Waals surface area (Å²) in [5.41, 5.74) is 6.00. The molecule has 0 aromatic heterocycles. The second kappa shape index (κ2) is 5.66. The average Bonchev–Trinajstić information content (AvgIpc) is 2.72. The summed E-state index contributed by atoms with van der Waals surface area (Å²) >= 11 is 5.93. The summed E-state index contributed by atoms with van der Waals surface area (Å²) in [6.45, 7) is 2.36. The fourth-order valence-corrected chi connectivity index (χ4v) is 3.90. The van der Waals surface area contributed by atoms with Gasteiger partial charge in [-0.15, -0.1) is 0 Å². The topological polar surface area (TPSA) is 75.4 Å². The largest absolute Gasteiger partial charge is 0.399 e. The van der Waals surface area contributed by atoms with E-state index in [-0.39, 0.29) is 9.92 Å². The number of halogens is 1. The number of nitrogens with zero attached hydrogens (tertiary/aromatic N) is 1. The molecule has 5 nitrogen and oxygen atoms in total. The van der Waals surface area contributed by atoms with Crippen LogP contribution in [-0.2, 0) is 10.0 Å². The smallest absolute Gasteiger partial charge is 0.242 e. The molecule has 0 spiro atoms. The zero-order valence-electron chi connectivity index (χ0n) is 10.8. The first-order valence-corrected chi connectivity index (χ1v) is 7.98. The molecule has 1 unspecified atom stereocenters. The van der Waals surface area contributed by atoms with Gasteiger partial charge in [0, 0.05) is 18.8 Å². The molecule has 3 N–H and O–H groups in total. The summed E-state index contributed by atoms with van der Waals surface area (Å²) in [7, 11) is -1.54. The van der Waals surface area contributed by atoms with Gasteiger partial charge in [-0.05, 0) is 44.1 Å². The van der Waals surface area contributed by atoms with Crippen LogP contribution in [0.15, 0.2) is 23.1 Å². The van der Waals surface area contributed by atoms with Crippen LogP contribution in [0.1, 0.15) is 6.42 Å². The zero-order chi connectivity index (χ0) is 14.0. The van der Waals surface area contributed by atoms with Crippen LogP contribution in [0.4, 0.5) is 5.69 Å². The van der Waals surface area contributed by atoms with E-state index in [2.05, 4.69) is 9.62 Å². The number of hydrogen-bond donors (Lipinski definition) is 2. The summed E-state index contributed by atoms with van der Waals surface area (Å²) in [5, 5.41) is 0.149. The molecular weight excluding hydrogens is 286 g/mol. The van der Waals surface area contributed by atoms with Gasteiger partial charge >= 0.3 is 0 Å². The van der Waals surface area contributed by atoms with E-state index in [9.17, 15) is 8.42 Å². The predicted molar refractivity (Wildman–Crippen MR) is 76.7 cm³/mol. The van der Waals surface area contributed by atoms with Crippen LogP contribution >= 0.6 is 11.6 Å². The maximum Gasteiger partial charge on any atom is 0.242 e. The van der Waals surface area contributed by atoms with E-state index in [1.807, 2.05) is 7.05 Å². The molecule has 1 aromatic carbocycles. The van der Waals surface area contributed by atoms with Crippen LogP contribution in [0.5, 0.6) is 0 Å². The second-order valence-electron chi connectivity index (χ2n) is 4.96. The molecule has 0 amide bonds. The lowest BCUT2D eigenvalue weighted by Gasteiger charge is -2.13.